The summed E-state index contributed by atoms with van der Waals surface area (Å²) in [7, 11) is -5.83. The molecule has 0 spiro atoms. The number of halogens is 12. The Morgan fingerprint density at radius 1 is 0.556 bits per heavy atom. The van der Waals surface area contributed by atoms with E-state index in [-0.39, 0.29) is 7.14 Å². The molecular weight excluding hydrogens is 656 g/mol. The van der Waals surface area contributed by atoms with E-state index in [0.29, 0.717) is 24.3 Å². The van der Waals surface area contributed by atoms with Crippen LogP contribution < -0.4 is 0 Å². The van der Waals surface area contributed by atoms with E-state index in [2.05, 4.69) is 0 Å². The zero-order chi connectivity index (χ0) is 27.2. The first-order valence-electron chi connectivity index (χ1n) is 8.96. The zero-order valence-electron chi connectivity index (χ0n) is 16.8. The van der Waals surface area contributed by atoms with E-state index in [0.717, 1.165) is 24.3 Å². The van der Waals surface area contributed by atoms with Crippen molar-refractivity contribution in [3.63, 3.8) is 0 Å². The van der Waals surface area contributed by atoms with E-state index in [1.54, 1.807) is 0 Å². The molecular formula is C20H8F11IO3S. The van der Waals surface area contributed by atoms with Gasteiger partial charge in [0.1, 0.15) is 0 Å². The van der Waals surface area contributed by atoms with E-state index in [1.165, 1.54) is 0 Å². The Bertz CT molecular complexity index is 1300. The Morgan fingerprint density at radius 3 is 1.17 bits per heavy atom. The molecule has 0 N–H and O–H groups in total. The predicted octanol–water partition coefficient (Wildman–Crippen LogP) is 7.29. The first kappa shape index (κ1) is 28.1. The van der Waals surface area contributed by atoms with Crippen LogP contribution in [0.5, 0.6) is 0 Å². The first-order chi connectivity index (χ1) is 16.4. The first-order valence-corrected chi connectivity index (χ1v) is 13.4. The van der Waals surface area contributed by atoms with Crippen LogP contribution >= 0.6 is 20.2 Å². The Labute approximate surface area is 202 Å². The molecule has 3 aromatic carbocycles. The van der Waals surface area contributed by atoms with Gasteiger partial charge in [-0.25, -0.2) is 0 Å². The summed E-state index contributed by atoms with van der Waals surface area (Å²) in [5.41, 5.74) is -2.39. The molecule has 0 amide bonds. The van der Waals surface area contributed by atoms with Gasteiger partial charge in [0.2, 0.25) is 0 Å². The van der Waals surface area contributed by atoms with Gasteiger partial charge in [0.05, 0.1) is 0 Å². The molecule has 196 valence electrons. The Morgan fingerprint density at radius 2 is 0.861 bits per heavy atom. The Kier molecular flexibility index (Phi) is 7.63. The molecule has 3 aromatic rings. The van der Waals surface area contributed by atoms with Gasteiger partial charge in [-0.05, 0) is 0 Å². The molecule has 0 fully saturated rings. The number of rotatable bonds is 5. The third-order valence-corrected chi connectivity index (χ3v) is 11.7. The summed E-state index contributed by atoms with van der Waals surface area (Å²) < 4.78 is 175. The quantitative estimate of drug-likeness (QED) is 0.125. The molecule has 0 unspecified atom stereocenters. The van der Waals surface area contributed by atoms with Gasteiger partial charge in [-0.2, -0.15) is 0 Å². The maximum atomic E-state index is 14.1. The SMILES string of the molecule is O=S(=O)(OI(c1ccc(C(F)(F)F)cc1)c1ccc(C(F)(F)F)cc1)c1c(F)c(F)c(F)c(F)c1F. The van der Waals surface area contributed by atoms with Crippen molar-refractivity contribution in [2.45, 2.75) is 17.2 Å². The molecule has 0 radical (unpaired) electrons. The molecule has 0 heterocycles. The van der Waals surface area contributed by atoms with Gasteiger partial charge in [-0.1, -0.05) is 0 Å². The number of hydrogen-bond donors (Lipinski definition) is 0. The van der Waals surface area contributed by atoms with E-state index in [4.69, 9.17) is 2.51 Å². The number of hydrogen-bond acceptors (Lipinski definition) is 3. The normalized spacial score (nSPS) is 13.1. The summed E-state index contributed by atoms with van der Waals surface area (Å²) in [5.74, 6) is -13.4. The summed E-state index contributed by atoms with van der Waals surface area (Å²) in [6, 6.07) is 4.82. The summed E-state index contributed by atoms with van der Waals surface area (Å²) in [4.78, 5) is -2.36. The van der Waals surface area contributed by atoms with Crippen molar-refractivity contribution in [3.8, 4) is 0 Å². The average molecular weight is 664 g/mol. The Balaban J connectivity index is 2.16. The number of benzene rings is 3. The van der Waals surface area contributed by atoms with Gasteiger partial charge in [-0.15, -0.1) is 0 Å². The standard InChI is InChI=1S/C20H8F11IO3S/c21-13-14(22)16(24)18(17(25)15(13)23)36(33,34)35-32(11-5-1-9(2-6-11)19(26,27)28)12-7-3-10(4-8-12)20(29,30)31/h1-8H. The molecule has 16 heteroatoms. The zero-order valence-corrected chi connectivity index (χ0v) is 19.8. The Hall–Kier alpha value is -2.47. The van der Waals surface area contributed by atoms with Gasteiger partial charge in [-0.3, -0.25) is 0 Å². The molecule has 3 nitrogen and oxygen atoms in total. The third-order valence-electron chi connectivity index (χ3n) is 4.30. The molecule has 0 aliphatic carbocycles. The van der Waals surface area contributed by atoms with Crippen molar-refractivity contribution < 1.29 is 59.2 Å². The average Bonchev–Trinajstić information content (AvgIpc) is 2.79. The third kappa shape index (κ3) is 5.59. The van der Waals surface area contributed by atoms with Crippen LogP contribution in [0.15, 0.2) is 53.4 Å². The van der Waals surface area contributed by atoms with E-state index >= 15 is 0 Å². The second-order valence-electron chi connectivity index (χ2n) is 6.67. The van der Waals surface area contributed by atoms with E-state index < -0.39 is 87.8 Å². The predicted molar refractivity (Wildman–Crippen MR) is 109 cm³/mol. The van der Waals surface area contributed by atoms with Crippen molar-refractivity contribution in [2.24, 2.45) is 0 Å². The summed E-state index contributed by atoms with van der Waals surface area (Å²) in [5, 5.41) is 0. The second kappa shape index (κ2) is 9.77. The molecule has 0 saturated carbocycles. The van der Waals surface area contributed by atoms with Crippen molar-refractivity contribution in [1.29, 1.82) is 0 Å². The van der Waals surface area contributed by atoms with Crippen LogP contribution in [0.3, 0.4) is 0 Å². The van der Waals surface area contributed by atoms with Gasteiger partial charge < -0.3 is 0 Å². The molecule has 3 rings (SSSR count). The topological polar surface area (TPSA) is 43.4 Å². The molecule has 0 bridgehead atoms. The van der Waals surface area contributed by atoms with Crippen LogP contribution in [0, 0.1) is 36.2 Å². The maximum absolute atomic E-state index is 14.1. The fourth-order valence-electron chi connectivity index (χ4n) is 2.62. The van der Waals surface area contributed by atoms with Crippen molar-refractivity contribution in [2.75, 3.05) is 0 Å². The van der Waals surface area contributed by atoms with Gasteiger partial charge in [0, 0.05) is 0 Å². The molecule has 36 heavy (non-hydrogen) atoms. The van der Waals surface area contributed by atoms with E-state index in [9.17, 15) is 56.7 Å². The molecule has 0 aliphatic rings. The molecule has 0 aromatic heterocycles. The fraction of sp³-hybridized carbons (Fsp3) is 0.100. The molecule has 0 atom stereocenters. The van der Waals surface area contributed by atoms with Crippen LogP contribution in [-0.2, 0) is 25.0 Å². The molecule has 0 aliphatic heterocycles. The van der Waals surface area contributed by atoms with Crippen molar-refractivity contribution in [1.82, 2.24) is 0 Å². The van der Waals surface area contributed by atoms with Crippen LogP contribution in [-0.4, -0.2) is 8.42 Å². The van der Waals surface area contributed by atoms with E-state index in [1.807, 2.05) is 0 Å². The number of alkyl halides is 6. The van der Waals surface area contributed by atoms with Crippen LogP contribution in [0.25, 0.3) is 0 Å². The minimum absolute atomic E-state index is 0.320. The van der Waals surface area contributed by atoms with Gasteiger partial charge >= 0.3 is 203 Å². The van der Waals surface area contributed by atoms with Gasteiger partial charge in [0.15, 0.2) is 0 Å². The summed E-state index contributed by atoms with van der Waals surface area (Å²) >= 11 is -4.21. The monoisotopic (exact) mass is 664 g/mol. The minimum atomic E-state index is -5.83. The van der Waals surface area contributed by atoms with Crippen LogP contribution in [0.1, 0.15) is 11.1 Å². The van der Waals surface area contributed by atoms with Crippen LogP contribution in [0.4, 0.5) is 48.3 Å². The van der Waals surface area contributed by atoms with Crippen LogP contribution in [0.2, 0.25) is 0 Å². The van der Waals surface area contributed by atoms with Gasteiger partial charge in [0.25, 0.3) is 0 Å². The van der Waals surface area contributed by atoms with Crippen molar-refractivity contribution in [3.05, 3.63) is 95.9 Å². The van der Waals surface area contributed by atoms with Crippen molar-refractivity contribution >= 4 is 30.4 Å². The fourth-order valence-corrected chi connectivity index (χ4v) is 9.57. The summed E-state index contributed by atoms with van der Waals surface area (Å²) in [6.07, 6.45) is -9.65. The molecule has 0 saturated heterocycles. The summed E-state index contributed by atoms with van der Waals surface area (Å²) in [6.45, 7) is 0. The second-order valence-corrected chi connectivity index (χ2v) is 13.1.